The summed E-state index contributed by atoms with van der Waals surface area (Å²) in [6.07, 6.45) is 13.2. The van der Waals surface area contributed by atoms with Crippen molar-refractivity contribution in [2.24, 2.45) is 23.2 Å². The molecule has 0 aromatic carbocycles. The van der Waals surface area contributed by atoms with E-state index < -0.39 is 0 Å². The van der Waals surface area contributed by atoms with Gasteiger partial charge in [0.05, 0.1) is 0 Å². The van der Waals surface area contributed by atoms with Crippen molar-refractivity contribution in [3.8, 4) is 0 Å². The smallest absolute Gasteiger partial charge is 0.00903 e. The summed E-state index contributed by atoms with van der Waals surface area (Å²) in [6.45, 7) is 7.17. The van der Waals surface area contributed by atoms with Crippen LogP contribution in [0.3, 0.4) is 0 Å². The molecule has 0 N–H and O–H groups in total. The molecule has 17 heavy (non-hydrogen) atoms. The Balaban J connectivity index is 2.08. The average Bonchev–Trinajstić information content (AvgIpc) is 2.49. The molecule has 3 rings (SSSR count). The van der Waals surface area contributed by atoms with Gasteiger partial charge in [0, 0.05) is 9.50 Å². The zero-order chi connectivity index (χ0) is 12.2. The van der Waals surface area contributed by atoms with Crippen LogP contribution in [-0.4, -0.2) is 0 Å². The highest BCUT2D eigenvalue weighted by Gasteiger charge is 2.51. The van der Waals surface area contributed by atoms with E-state index in [2.05, 4.69) is 73.7 Å². The Bertz CT molecular complexity index is 474. The number of rotatable bonds is 0. The lowest BCUT2D eigenvalue weighted by Gasteiger charge is -2.33. The Kier molecular flexibility index (Phi) is 2.66. The standard InChI is InChI=1S/C16H19I/c1-10-4-6-12-13-7-5-11(17)9-15(13)16(2,3)14(12)8-10/h4-7,9,13-15H,8H2,1-3H3. The van der Waals surface area contributed by atoms with Crippen molar-refractivity contribution in [2.45, 2.75) is 27.2 Å². The van der Waals surface area contributed by atoms with Gasteiger partial charge < -0.3 is 0 Å². The van der Waals surface area contributed by atoms with Crippen molar-refractivity contribution in [1.82, 2.24) is 0 Å². The maximum atomic E-state index is 2.49. The summed E-state index contributed by atoms with van der Waals surface area (Å²) in [5.41, 5.74) is 3.60. The Labute approximate surface area is 118 Å². The maximum Gasteiger partial charge on any atom is 0.00903 e. The highest BCUT2D eigenvalue weighted by atomic mass is 127. The van der Waals surface area contributed by atoms with E-state index in [0.717, 1.165) is 5.92 Å². The highest BCUT2D eigenvalue weighted by Crippen LogP contribution is 2.59. The molecular weight excluding hydrogens is 319 g/mol. The second-order valence-corrected chi connectivity index (χ2v) is 7.47. The summed E-state index contributed by atoms with van der Waals surface area (Å²) in [4.78, 5) is 0. The van der Waals surface area contributed by atoms with E-state index in [1.165, 1.54) is 15.6 Å². The van der Waals surface area contributed by atoms with Gasteiger partial charge in [-0.2, -0.15) is 0 Å². The van der Waals surface area contributed by atoms with Crippen molar-refractivity contribution < 1.29 is 0 Å². The van der Waals surface area contributed by atoms with E-state index in [1.807, 2.05) is 0 Å². The molecule has 0 bridgehead atoms. The molecule has 0 nitrogen and oxygen atoms in total. The third-order valence-electron chi connectivity index (χ3n) is 4.82. The number of allylic oxidation sites excluding steroid dienone is 8. The molecule has 0 saturated heterocycles. The van der Waals surface area contributed by atoms with Crippen molar-refractivity contribution in [3.05, 3.63) is 45.1 Å². The predicted molar refractivity (Wildman–Crippen MR) is 82.0 cm³/mol. The fourth-order valence-electron chi connectivity index (χ4n) is 3.77. The maximum absolute atomic E-state index is 2.49. The quantitative estimate of drug-likeness (QED) is 0.543. The molecule has 0 spiro atoms. The van der Waals surface area contributed by atoms with E-state index in [4.69, 9.17) is 0 Å². The number of halogens is 1. The molecule has 1 fully saturated rings. The van der Waals surface area contributed by atoms with Crippen LogP contribution in [0.1, 0.15) is 27.2 Å². The topological polar surface area (TPSA) is 0 Å². The van der Waals surface area contributed by atoms with E-state index in [-0.39, 0.29) is 0 Å². The summed E-state index contributed by atoms with van der Waals surface area (Å²) in [5.74, 6) is 2.08. The van der Waals surface area contributed by atoms with Crippen LogP contribution >= 0.6 is 22.6 Å². The first kappa shape index (κ1) is 11.8. The Morgan fingerprint density at radius 3 is 2.82 bits per heavy atom. The van der Waals surface area contributed by atoms with Crippen LogP contribution in [0.25, 0.3) is 0 Å². The summed E-state index contributed by atoms with van der Waals surface area (Å²) in [7, 11) is 0. The van der Waals surface area contributed by atoms with Gasteiger partial charge in [-0.05, 0) is 53.2 Å². The minimum absolute atomic E-state index is 0.396. The second-order valence-electron chi connectivity index (χ2n) is 6.22. The van der Waals surface area contributed by atoms with E-state index in [1.54, 1.807) is 5.57 Å². The van der Waals surface area contributed by atoms with Gasteiger partial charge in [-0.1, -0.05) is 55.4 Å². The molecule has 0 aromatic heterocycles. The second kappa shape index (κ2) is 3.84. The SMILES string of the molecule is CC1=CC=C2C3C=CC(I)=CC3C(C)(C)C2C1. The van der Waals surface area contributed by atoms with Gasteiger partial charge >= 0.3 is 0 Å². The Hall–Kier alpha value is -0.310. The van der Waals surface area contributed by atoms with Gasteiger partial charge in [0.2, 0.25) is 0 Å². The molecule has 0 radical (unpaired) electrons. The van der Waals surface area contributed by atoms with Crippen molar-refractivity contribution >= 4 is 22.6 Å². The lowest BCUT2D eigenvalue weighted by Crippen LogP contribution is -2.26. The molecule has 3 atom stereocenters. The summed E-state index contributed by atoms with van der Waals surface area (Å²) in [5, 5.41) is 0. The number of hydrogen-bond donors (Lipinski definition) is 0. The van der Waals surface area contributed by atoms with E-state index in [9.17, 15) is 0 Å². The minimum Gasteiger partial charge on any atom is -0.0757 e. The summed E-state index contributed by atoms with van der Waals surface area (Å²) in [6, 6.07) is 0. The first-order valence-corrected chi connectivity index (χ1v) is 7.51. The van der Waals surface area contributed by atoms with Crippen LogP contribution < -0.4 is 0 Å². The first-order valence-electron chi connectivity index (χ1n) is 6.43. The third kappa shape index (κ3) is 1.69. The van der Waals surface area contributed by atoms with Crippen molar-refractivity contribution in [1.29, 1.82) is 0 Å². The third-order valence-corrected chi connectivity index (χ3v) is 5.54. The van der Waals surface area contributed by atoms with Crippen molar-refractivity contribution in [3.63, 3.8) is 0 Å². The largest absolute Gasteiger partial charge is 0.0757 e. The summed E-state index contributed by atoms with van der Waals surface area (Å²) >= 11 is 2.45. The van der Waals surface area contributed by atoms with Crippen LogP contribution in [0.2, 0.25) is 0 Å². The monoisotopic (exact) mass is 338 g/mol. The summed E-state index contributed by atoms with van der Waals surface area (Å²) < 4.78 is 1.40. The number of hydrogen-bond acceptors (Lipinski definition) is 0. The van der Waals surface area contributed by atoms with Gasteiger partial charge in [-0.3, -0.25) is 0 Å². The molecule has 0 heterocycles. The van der Waals surface area contributed by atoms with Gasteiger partial charge in [0.15, 0.2) is 0 Å². The van der Waals surface area contributed by atoms with Crippen LogP contribution in [0.5, 0.6) is 0 Å². The van der Waals surface area contributed by atoms with Gasteiger partial charge in [-0.15, -0.1) is 0 Å². The normalized spacial score (nSPS) is 37.9. The van der Waals surface area contributed by atoms with Gasteiger partial charge in [0.25, 0.3) is 0 Å². The Morgan fingerprint density at radius 1 is 1.29 bits per heavy atom. The average molecular weight is 338 g/mol. The highest BCUT2D eigenvalue weighted by molar-refractivity contribution is 14.1. The van der Waals surface area contributed by atoms with Crippen LogP contribution in [-0.2, 0) is 0 Å². The first-order chi connectivity index (χ1) is 8.00. The predicted octanol–water partition coefficient (Wildman–Crippen LogP) is 5.04. The van der Waals surface area contributed by atoms with Crippen molar-refractivity contribution in [2.75, 3.05) is 0 Å². The van der Waals surface area contributed by atoms with Crippen LogP contribution in [0.15, 0.2) is 45.1 Å². The molecule has 0 aromatic rings. The minimum atomic E-state index is 0.396. The van der Waals surface area contributed by atoms with E-state index in [0.29, 0.717) is 17.3 Å². The fraction of sp³-hybridized carbons (Fsp3) is 0.500. The molecular formula is C16H19I. The molecule has 3 unspecified atom stereocenters. The molecule has 0 amide bonds. The fourth-order valence-corrected chi connectivity index (χ4v) is 4.37. The van der Waals surface area contributed by atoms with Crippen LogP contribution in [0.4, 0.5) is 0 Å². The molecule has 0 aliphatic heterocycles. The molecule has 1 heteroatoms. The van der Waals surface area contributed by atoms with Crippen LogP contribution in [0, 0.1) is 23.2 Å². The lowest BCUT2D eigenvalue weighted by molar-refractivity contribution is 0.216. The zero-order valence-electron chi connectivity index (χ0n) is 10.7. The number of fused-ring (bicyclic) bond motifs is 3. The van der Waals surface area contributed by atoms with E-state index >= 15 is 0 Å². The molecule has 90 valence electrons. The zero-order valence-corrected chi connectivity index (χ0v) is 12.9. The molecule has 3 aliphatic carbocycles. The Morgan fingerprint density at radius 2 is 2.06 bits per heavy atom. The van der Waals surface area contributed by atoms with Gasteiger partial charge in [0.1, 0.15) is 0 Å². The van der Waals surface area contributed by atoms with Gasteiger partial charge in [-0.25, -0.2) is 0 Å². The molecule has 1 saturated carbocycles. The molecule has 3 aliphatic rings. The lowest BCUT2D eigenvalue weighted by atomic mass is 9.71.